The third-order valence-electron chi connectivity index (χ3n) is 6.27. The highest BCUT2D eigenvalue weighted by atomic mass is 32.2. The predicted molar refractivity (Wildman–Crippen MR) is 143 cm³/mol. The number of amidine groups is 1. The number of fused-ring (bicyclic) bond motifs is 1. The first-order chi connectivity index (χ1) is 16.8. The maximum Gasteiger partial charge on any atom is 0.309 e. The van der Waals surface area contributed by atoms with Crippen LogP contribution in [0.5, 0.6) is 5.75 Å². The summed E-state index contributed by atoms with van der Waals surface area (Å²) in [6.45, 7) is 6.75. The fourth-order valence-corrected chi connectivity index (χ4v) is 5.48. The van der Waals surface area contributed by atoms with Gasteiger partial charge in [0, 0.05) is 31.3 Å². The first-order valence-electron chi connectivity index (χ1n) is 12.0. The largest absolute Gasteiger partial charge is 0.497 e. The number of hydrogen-bond acceptors (Lipinski definition) is 6. The minimum atomic E-state index is -0.540. The van der Waals surface area contributed by atoms with E-state index >= 15 is 0 Å². The molecule has 35 heavy (non-hydrogen) atoms. The Kier molecular flexibility index (Phi) is 7.31. The lowest BCUT2D eigenvalue weighted by Crippen LogP contribution is -2.43. The molecule has 0 unspecified atom stereocenters. The van der Waals surface area contributed by atoms with Gasteiger partial charge in [0.05, 0.1) is 17.6 Å². The number of imide groups is 1. The van der Waals surface area contributed by atoms with Crippen molar-refractivity contribution < 1.29 is 14.3 Å². The highest BCUT2D eigenvalue weighted by Crippen LogP contribution is 2.38. The van der Waals surface area contributed by atoms with E-state index in [2.05, 4.69) is 27.1 Å². The Bertz CT molecular complexity index is 1190. The molecule has 2 heterocycles. The number of hydrogen-bond donors (Lipinski definition) is 0. The number of rotatable bonds is 5. The van der Waals surface area contributed by atoms with Crippen LogP contribution in [0.1, 0.15) is 56.7 Å². The molecular weight excluding hydrogens is 460 g/mol. The molecule has 2 aromatic rings. The molecule has 0 radical (unpaired) electrons. The van der Waals surface area contributed by atoms with E-state index in [9.17, 15) is 9.59 Å². The monoisotopic (exact) mass is 492 g/mol. The van der Waals surface area contributed by atoms with Crippen LogP contribution in [-0.4, -0.2) is 53.2 Å². The lowest BCUT2D eigenvalue weighted by atomic mass is 9.93. The van der Waals surface area contributed by atoms with Gasteiger partial charge < -0.3 is 9.64 Å². The molecule has 0 aliphatic carbocycles. The van der Waals surface area contributed by atoms with Crippen molar-refractivity contribution in [2.45, 2.75) is 51.2 Å². The van der Waals surface area contributed by atoms with E-state index in [1.807, 2.05) is 58.2 Å². The molecular formula is C27H32N4O3S. The van der Waals surface area contributed by atoms with Crippen molar-refractivity contribution in [1.82, 2.24) is 5.01 Å². The average molecular weight is 493 g/mol. The van der Waals surface area contributed by atoms with Gasteiger partial charge in [-0.3, -0.25) is 14.6 Å². The number of amides is 2. The van der Waals surface area contributed by atoms with Gasteiger partial charge in [0.1, 0.15) is 11.6 Å². The van der Waals surface area contributed by atoms with Crippen molar-refractivity contribution >= 4 is 40.1 Å². The second-order valence-corrected chi connectivity index (χ2v) is 10.7. The summed E-state index contributed by atoms with van der Waals surface area (Å²) in [5.74, 6) is 1.46. The summed E-state index contributed by atoms with van der Waals surface area (Å²) < 4.78 is 4.76. The maximum absolute atomic E-state index is 12.6. The summed E-state index contributed by atoms with van der Waals surface area (Å²) in [4.78, 5) is 32.0. The van der Waals surface area contributed by atoms with Crippen LogP contribution in [0.25, 0.3) is 0 Å². The Balaban J connectivity index is 1.70. The van der Waals surface area contributed by atoms with Crippen LogP contribution in [0.15, 0.2) is 52.6 Å². The quantitative estimate of drug-likeness (QED) is 0.407. The molecule has 2 amide bonds. The fourth-order valence-electron chi connectivity index (χ4n) is 4.56. The number of anilines is 1. The van der Waals surface area contributed by atoms with Crippen LogP contribution in [-0.2, 0) is 11.2 Å². The molecule has 0 fully saturated rings. The smallest absolute Gasteiger partial charge is 0.309 e. The van der Waals surface area contributed by atoms with Crippen LogP contribution >= 0.6 is 11.8 Å². The molecule has 4 rings (SSSR count). The number of carbonyl (C=O) groups is 2. The Hall–Kier alpha value is -3.13. The van der Waals surface area contributed by atoms with Gasteiger partial charge in [-0.15, -0.1) is 0 Å². The third-order valence-corrected chi connectivity index (χ3v) is 7.32. The summed E-state index contributed by atoms with van der Waals surface area (Å²) in [6, 6.07) is 14.2. The second-order valence-electron chi connectivity index (χ2n) is 9.16. The lowest BCUT2D eigenvalue weighted by Gasteiger charge is -2.35. The summed E-state index contributed by atoms with van der Waals surface area (Å²) in [7, 11) is 3.48. The van der Waals surface area contributed by atoms with E-state index in [1.54, 1.807) is 7.11 Å². The van der Waals surface area contributed by atoms with Crippen LogP contribution < -0.4 is 9.64 Å². The molecule has 2 aliphatic rings. The van der Waals surface area contributed by atoms with Crippen LogP contribution in [0, 0.1) is 0 Å². The number of methoxy groups -OCH3 is 1. The predicted octanol–water partition coefficient (Wildman–Crippen LogP) is 5.50. The number of nitrogens with zero attached hydrogens (tertiary/aromatic N) is 4. The molecule has 0 saturated carbocycles. The fraction of sp³-hybridized carbons (Fsp3) is 0.407. The normalized spacial score (nSPS) is 17.7. The summed E-state index contributed by atoms with van der Waals surface area (Å²) in [6.07, 6.45) is 2.91. The van der Waals surface area contributed by atoms with Crippen LogP contribution in [0.2, 0.25) is 0 Å². The van der Waals surface area contributed by atoms with E-state index < -0.39 is 4.75 Å². The van der Waals surface area contributed by atoms with E-state index in [1.165, 1.54) is 5.56 Å². The van der Waals surface area contributed by atoms with Crippen LogP contribution in [0.4, 0.5) is 10.5 Å². The van der Waals surface area contributed by atoms with Crippen LogP contribution in [0.3, 0.4) is 0 Å². The third kappa shape index (κ3) is 4.98. The molecule has 7 nitrogen and oxygen atoms in total. The number of aliphatic imine (C=N–C) groups is 1. The molecule has 8 heteroatoms. The van der Waals surface area contributed by atoms with E-state index in [-0.39, 0.29) is 11.1 Å². The molecule has 0 spiro atoms. The zero-order valence-electron chi connectivity index (χ0n) is 21.0. The standard InChI is InChI=1S/C27H32N4O3S/c1-6-8-23(32)31-26(33)35-27(2,3)24(29-31)20-12-15-22-19(17-20)9-7-16-30(22)25(28-4)18-10-13-21(34-5)14-11-18/h10-15,17H,6-9,16H2,1-5H3. The molecule has 2 aliphatic heterocycles. The molecule has 0 N–H and O–H groups in total. The van der Waals surface area contributed by atoms with Gasteiger partial charge in [-0.2, -0.15) is 10.1 Å². The summed E-state index contributed by atoms with van der Waals surface area (Å²) in [5.41, 5.74) is 5.03. The van der Waals surface area contributed by atoms with E-state index in [4.69, 9.17) is 4.74 Å². The minimum absolute atomic E-state index is 0.259. The number of thioether (sulfide) groups is 1. The SMILES string of the molecule is CCCC(=O)N1N=C(c2ccc3c(c2)CCCN3C(=NC)c2ccc(OC)cc2)C(C)(C)SC1=O. The number of ether oxygens (including phenoxy) is 1. The van der Waals surface area contributed by atoms with Gasteiger partial charge in [-0.25, -0.2) is 0 Å². The molecule has 2 aromatic carbocycles. The van der Waals surface area contributed by atoms with Gasteiger partial charge in [0.15, 0.2) is 0 Å². The average Bonchev–Trinajstić information content (AvgIpc) is 2.84. The Labute approximate surface area is 211 Å². The lowest BCUT2D eigenvalue weighted by molar-refractivity contribution is -0.127. The molecule has 0 aromatic heterocycles. The second kappa shape index (κ2) is 10.2. The van der Waals surface area contributed by atoms with Crippen molar-refractivity contribution in [3.63, 3.8) is 0 Å². The van der Waals surface area contributed by atoms with Gasteiger partial charge in [-0.05, 0) is 92.4 Å². The number of benzene rings is 2. The first-order valence-corrected chi connectivity index (χ1v) is 12.8. The molecule has 184 valence electrons. The topological polar surface area (TPSA) is 74.6 Å². The minimum Gasteiger partial charge on any atom is -0.497 e. The van der Waals surface area contributed by atoms with Crippen molar-refractivity contribution in [3.8, 4) is 5.75 Å². The Morgan fingerprint density at radius 1 is 1.20 bits per heavy atom. The number of hydrazone groups is 1. The maximum atomic E-state index is 12.6. The zero-order valence-corrected chi connectivity index (χ0v) is 21.8. The highest BCUT2D eigenvalue weighted by molar-refractivity contribution is 8.15. The molecule has 0 atom stereocenters. The van der Waals surface area contributed by atoms with Gasteiger partial charge >= 0.3 is 5.24 Å². The Morgan fingerprint density at radius 3 is 2.60 bits per heavy atom. The number of carbonyl (C=O) groups excluding carboxylic acids is 2. The van der Waals surface area contributed by atoms with Gasteiger partial charge in [-0.1, -0.05) is 13.0 Å². The highest BCUT2D eigenvalue weighted by Gasteiger charge is 2.40. The van der Waals surface area contributed by atoms with Gasteiger partial charge in [0.25, 0.3) is 5.91 Å². The summed E-state index contributed by atoms with van der Waals surface area (Å²) in [5, 5.41) is 5.30. The van der Waals surface area contributed by atoms with Gasteiger partial charge in [0.2, 0.25) is 0 Å². The Morgan fingerprint density at radius 2 is 1.94 bits per heavy atom. The van der Waals surface area contributed by atoms with Crippen molar-refractivity contribution in [3.05, 3.63) is 59.2 Å². The number of aryl methyl sites for hydroxylation is 1. The van der Waals surface area contributed by atoms with Crippen molar-refractivity contribution in [2.75, 3.05) is 25.6 Å². The zero-order chi connectivity index (χ0) is 25.2. The van der Waals surface area contributed by atoms with E-state index in [0.29, 0.717) is 12.8 Å². The molecule has 0 bridgehead atoms. The first kappa shape index (κ1) is 25.0. The molecule has 0 saturated heterocycles. The van der Waals surface area contributed by atoms with Crippen molar-refractivity contribution in [1.29, 1.82) is 0 Å². The van der Waals surface area contributed by atoms with E-state index in [0.717, 1.165) is 70.3 Å². The summed E-state index contributed by atoms with van der Waals surface area (Å²) >= 11 is 1.15. The van der Waals surface area contributed by atoms with Crippen molar-refractivity contribution in [2.24, 2.45) is 10.1 Å².